The molecule has 1 aromatic rings. The van der Waals surface area contributed by atoms with E-state index >= 15 is 0 Å². The Morgan fingerprint density at radius 1 is 1.17 bits per heavy atom. The van der Waals surface area contributed by atoms with Crippen LogP contribution >= 0.6 is 0 Å². The molecule has 1 aromatic carbocycles. The van der Waals surface area contributed by atoms with Gasteiger partial charge in [0.1, 0.15) is 5.92 Å². The number of alkyl halides is 3. The van der Waals surface area contributed by atoms with Crippen LogP contribution in [0.15, 0.2) is 35.9 Å². The van der Waals surface area contributed by atoms with Crippen LogP contribution < -0.4 is 0 Å². The molecule has 1 unspecified atom stereocenters. The molecule has 0 amide bonds. The molecule has 0 radical (unpaired) electrons. The number of halogens is 3. The molecule has 0 bridgehead atoms. The van der Waals surface area contributed by atoms with Crippen LogP contribution in [0.3, 0.4) is 0 Å². The monoisotopic (exact) mass is 411 g/mol. The third-order valence-electron chi connectivity index (χ3n) is 6.15. The Balaban J connectivity index is 2.33. The van der Waals surface area contributed by atoms with Gasteiger partial charge in [-0.1, -0.05) is 24.3 Å². The molecule has 1 aliphatic carbocycles. The molecule has 0 spiro atoms. The van der Waals surface area contributed by atoms with Crippen molar-refractivity contribution in [3.05, 3.63) is 47.0 Å². The summed E-state index contributed by atoms with van der Waals surface area (Å²) < 4.78 is 41.5. The fourth-order valence-corrected chi connectivity index (χ4v) is 4.62. The Hall–Kier alpha value is -3.15. The van der Waals surface area contributed by atoms with Gasteiger partial charge in [0, 0.05) is 31.0 Å². The zero-order valence-corrected chi connectivity index (χ0v) is 16.5. The van der Waals surface area contributed by atoms with Crippen molar-refractivity contribution < 1.29 is 13.2 Å². The summed E-state index contributed by atoms with van der Waals surface area (Å²) in [7, 11) is 0. The first-order chi connectivity index (χ1) is 14.1. The van der Waals surface area contributed by atoms with Gasteiger partial charge in [-0.2, -0.15) is 29.0 Å². The Bertz CT molecular complexity index is 1000. The summed E-state index contributed by atoms with van der Waals surface area (Å²) in [6, 6.07) is 10.7. The number of hydrogen-bond acceptors (Lipinski definition) is 5. The van der Waals surface area contributed by atoms with Crippen LogP contribution in [0.2, 0.25) is 0 Å². The van der Waals surface area contributed by atoms with E-state index in [0.29, 0.717) is 18.7 Å². The molecule has 2 aliphatic rings. The van der Waals surface area contributed by atoms with E-state index in [1.807, 2.05) is 37.0 Å². The van der Waals surface area contributed by atoms with Crippen molar-refractivity contribution in [1.29, 1.82) is 21.2 Å². The fraction of sp³-hybridized carbons (Fsp3) is 0.455. The van der Waals surface area contributed by atoms with Gasteiger partial charge in [-0.3, -0.25) is 4.90 Å². The molecule has 1 heterocycles. The topological polar surface area (TPSA) is 98.5 Å². The maximum absolute atomic E-state index is 13.8. The minimum Gasteiger partial charge on any atom is -0.305 e. The van der Waals surface area contributed by atoms with E-state index in [0.717, 1.165) is 6.07 Å². The van der Waals surface area contributed by atoms with Gasteiger partial charge in [0.25, 0.3) is 0 Å². The smallest absolute Gasteiger partial charge is 0.305 e. The average molecular weight is 411 g/mol. The standard InChI is InChI=1S/C22H20F3N5/c1-13(2)30-8-7-14-16(9-26)20(29)21(11-27,12-28)19(17(14)10-30)15-5-3-4-6-18(15)22(23,24)25/h3-7,13,16-17,19,29H,8,10H2,1-2H3/t16?,17-,19-/m0/s1. The predicted molar refractivity (Wildman–Crippen MR) is 103 cm³/mol. The largest absolute Gasteiger partial charge is 0.416 e. The normalized spacial score (nSPS) is 26.2. The van der Waals surface area contributed by atoms with Gasteiger partial charge in [-0.25, -0.2) is 0 Å². The second kappa shape index (κ2) is 7.59. The summed E-state index contributed by atoms with van der Waals surface area (Å²) in [6.45, 7) is 4.70. The molecular weight excluding hydrogens is 391 g/mol. The highest BCUT2D eigenvalue weighted by Gasteiger charge is 2.59. The van der Waals surface area contributed by atoms with E-state index in [1.165, 1.54) is 18.2 Å². The van der Waals surface area contributed by atoms with E-state index in [9.17, 15) is 29.0 Å². The van der Waals surface area contributed by atoms with E-state index in [1.54, 1.807) is 6.08 Å². The van der Waals surface area contributed by atoms with Crippen molar-refractivity contribution in [1.82, 2.24) is 4.90 Å². The van der Waals surface area contributed by atoms with Crippen LogP contribution in [0.1, 0.15) is 30.9 Å². The minimum absolute atomic E-state index is 0.0850. The van der Waals surface area contributed by atoms with Gasteiger partial charge in [-0.15, -0.1) is 0 Å². The molecule has 3 atom stereocenters. The summed E-state index contributed by atoms with van der Waals surface area (Å²) in [4.78, 5) is 2.03. The molecule has 3 rings (SSSR count). The van der Waals surface area contributed by atoms with Gasteiger partial charge >= 0.3 is 6.18 Å². The van der Waals surface area contributed by atoms with Crippen LogP contribution in [0.25, 0.3) is 0 Å². The predicted octanol–water partition coefficient (Wildman–Crippen LogP) is 4.26. The van der Waals surface area contributed by atoms with E-state index in [2.05, 4.69) is 0 Å². The Kier molecular flexibility index (Phi) is 5.46. The lowest BCUT2D eigenvalue weighted by Gasteiger charge is -2.48. The highest BCUT2D eigenvalue weighted by atomic mass is 19.4. The summed E-state index contributed by atoms with van der Waals surface area (Å²) in [6.07, 6.45) is -2.91. The summed E-state index contributed by atoms with van der Waals surface area (Å²) in [5.41, 5.74) is -3.19. The molecule has 1 N–H and O–H groups in total. The van der Waals surface area contributed by atoms with Crippen molar-refractivity contribution in [2.75, 3.05) is 13.1 Å². The number of nitrogens with zero attached hydrogens (tertiary/aromatic N) is 4. The third kappa shape index (κ3) is 3.16. The van der Waals surface area contributed by atoms with Crippen LogP contribution in [-0.2, 0) is 6.18 Å². The number of fused-ring (bicyclic) bond motifs is 1. The number of nitriles is 3. The Labute approximate surface area is 173 Å². The number of nitrogens with one attached hydrogen (secondary N) is 1. The zero-order chi connectivity index (χ0) is 22.3. The highest BCUT2D eigenvalue weighted by Crippen LogP contribution is 2.55. The number of rotatable bonds is 2. The Morgan fingerprint density at radius 3 is 2.33 bits per heavy atom. The lowest BCUT2D eigenvalue weighted by Crippen LogP contribution is -2.54. The maximum atomic E-state index is 13.8. The molecule has 1 fully saturated rings. The third-order valence-corrected chi connectivity index (χ3v) is 6.15. The molecule has 8 heteroatoms. The van der Waals surface area contributed by atoms with Crippen molar-refractivity contribution in [2.45, 2.75) is 32.0 Å². The molecule has 0 saturated heterocycles. The fourth-order valence-electron chi connectivity index (χ4n) is 4.62. The first-order valence-electron chi connectivity index (χ1n) is 9.53. The zero-order valence-electron chi connectivity index (χ0n) is 16.5. The quantitative estimate of drug-likeness (QED) is 0.735. The van der Waals surface area contributed by atoms with Crippen molar-refractivity contribution in [2.24, 2.45) is 17.3 Å². The Morgan fingerprint density at radius 2 is 1.80 bits per heavy atom. The second-order valence-corrected chi connectivity index (χ2v) is 7.93. The lowest BCUT2D eigenvalue weighted by molar-refractivity contribution is -0.138. The molecule has 0 aromatic heterocycles. The lowest BCUT2D eigenvalue weighted by atomic mass is 9.54. The molecule has 154 valence electrons. The van der Waals surface area contributed by atoms with E-state index in [-0.39, 0.29) is 11.6 Å². The molecule has 5 nitrogen and oxygen atoms in total. The maximum Gasteiger partial charge on any atom is 0.416 e. The second-order valence-electron chi connectivity index (χ2n) is 7.93. The highest BCUT2D eigenvalue weighted by molar-refractivity contribution is 6.00. The molecular formula is C22H20F3N5. The van der Waals surface area contributed by atoms with Crippen LogP contribution in [-0.4, -0.2) is 29.7 Å². The first kappa shape index (κ1) is 21.6. The number of benzene rings is 1. The number of hydrogen-bond donors (Lipinski definition) is 1. The van der Waals surface area contributed by atoms with E-state index in [4.69, 9.17) is 5.41 Å². The van der Waals surface area contributed by atoms with Crippen LogP contribution in [0.4, 0.5) is 13.2 Å². The van der Waals surface area contributed by atoms with Gasteiger partial charge < -0.3 is 5.41 Å². The van der Waals surface area contributed by atoms with E-state index < -0.39 is 40.6 Å². The summed E-state index contributed by atoms with van der Waals surface area (Å²) >= 11 is 0. The SMILES string of the molecule is CC(C)N1CC=C2C(C#N)C(=N)C(C#N)(C#N)[C@@H](c3ccccc3C(F)(F)F)[C@H]2C1. The van der Waals surface area contributed by atoms with Crippen molar-refractivity contribution in [3.63, 3.8) is 0 Å². The summed E-state index contributed by atoms with van der Waals surface area (Å²) in [5.74, 6) is -2.98. The van der Waals surface area contributed by atoms with Gasteiger partial charge in [0.15, 0.2) is 5.41 Å². The van der Waals surface area contributed by atoms with Gasteiger partial charge in [0.2, 0.25) is 0 Å². The molecule has 1 saturated carbocycles. The van der Waals surface area contributed by atoms with Crippen molar-refractivity contribution >= 4 is 5.71 Å². The minimum atomic E-state index is -4.68. The summed E-state index contributed by atoms with van der Waals surface area (Å²) in [5, 5.41) is 38.2. The van der Waals surface area contributed by atoms with Crippen LogP contribution in [0, 0.1) is 56.7 Å². The van der Waals surface area contributed by atoms with Gasteiger partial charge in [-0.05, 0) is 31.1 Å². The van der Waals surface area contributed by atoms with Crippen molar-refractivity contribution in [3.8, 4) is 18.2 Å². The first-order valence-corrected chi connectivity index (χ1v) is 9.53. The van der Waals surface area contributed by atoms with Gasteiger partial charge in [0.05, 0.1) is 29.5 Å². The molecule has 30 heavy (non-hydrogen) atoms. The van der Waals surface area contributed by atoms with Crippen LogP contribution in [0.5, 0.6) is 0 Å². The average Bonchev–Trinajstić information content (AvgIpc) is 2.72. The molecule has 1 aliphatic heterocycles.